The maximum absolute atomic E-state index is 12.3. The lowest BCUT2D eigenvalue weighted by atomic mass is 10.2. The number of methoxy groups -OCH3 is 1. The van der Waals surface area contributed by atoms with Gasteiger partial charge in [0.2, 0.25) is 0 Å². The lowest BCUT2D eigenvalue weighted by Gasteiger charge is -2.08. The maximum atomic E-state index is 12.3. The Morgan fingerprint density at radius 2 is 1.72 bits per heavy atom. The van der Waals surface area contributed by atoms with Gasteiger partial charge in [0.05, 0.1) is 28.7 Å². The fourth-order valence-electron chi connectivity index (χ4n) is 2.51. The minimum absolute atomic E-state index is 0.163. The van der Waals surface area contributed by atoms with Gasteiger partial charge < -0.3 is 10.1 Å². The monoisotopic (exact) mass is 399 g/mol. The van der Waals surface area contributed by atoms with Crippen LogP contribution in [0.15, 0.2) is 53.0 Å². The van der Waals surface area contributed by atoms with Crippen LogP contribution in [0.1, 0.15) is 21.7 Å². The highest BCUT2D eigenvalue weighted by Crippen LogP contribution is 2.23. The van der Waals surface area contributed by atoms with E-state index in [0.29, 0.717) is 5.56 Å². The number of carbonyl (C=O) groups excluding carboxylic acids is 1. The number of amides is 1. The van der Waals surface area contributed by atoms with E-state index in [0.717, 1.165) is 33.0 Å². The predicted molar refractivity (Wildman–Crippen MR) is 102 cm³/mol. The van der Waals surface area contributed by atoms with Crippen molar-refractivity contribution < 1.29 is 9.53 Å². The molecule has 2 aromatic carbocycles. The topological polar surface area (TPSA) is 56.1 Å². The van der Waals surface area contributed by atoms with Crippen molar-refractivity contribution in [3.63, 3.8) is 0 Å². The molecular formula is C19H18BrN3O2. The molecule has 0 aliphatic carbocycles. The highest BCUT2D eigenvalue weighted by molar-refractivity contribution is 9.10. The molecule has 0 unspecified atom stereocenters. The lowest BCUT2D eigenvalue weighted by molar-refractivity contribution is 0.102. The summed E-state index contributed by atoms with van der Waals surface area (Å²) < 4.78 is 7.97. The first-order valence-corrected chi connectivity index (χ1v) is 8.56. The molecule has 1 aromatic heterocycles. The van der Waals surface area contributed by atoms with E-state index in [2.05, 4.69) is 26.3 Å². The van der Waals surface area contributed by atoms with Gasteiger partial charge >= 0.3 is 0 Å². The van der Waals surface area contributed by atoms with Crippen LogP contribution >= 0.6 is 15.9 Å². The second kappa shape index (κ2) is 7.11. The Bertz CT molecular complexity index is 900. The van der Waals surface area contributed by atoms with E-state index in [1.165, 1.54) is 0 Å². The number of aromatic nitrogens is 2. The second-order valence-corrected chi connectivity index (χ2v) is 6.42. The van der Waals surface area contributed by atoms with Crippen molar-refractivity contribution >= 4 is 27.5 Å². The summed E-state index contributed by atoms with van der Waals surface area (Å²) in [6, 6.07) is 14.6. The van der Waals surface area contributed by atoms with Crippen LogP contribution in [0.5, 0.6) is 5.75 Å². The summed E-state index contributed by atoms with van der Waals surface area (Å²) in [5.41, 5.74) is 4.22. The summed E-state index contributed by atoms with van der Waals surface area (Å²) in [7, 11) is 1.60. The third kappa shape index (κ3) is 3.58. The van der Waals surface area contributed by atoms with Crippen molar-refractivity contribution in [2.45, 2.75) is 13.8 Å². The number of halogens is 1. The van der Waals surface area contributed by atoms with E-state index in [1.807, 2.05) is 42.8 Å². The smallest absolute Gasteiger partial charge is 0.255 e. The van der Waals surface area contributed by atoms with Gasteiger partial charge in [-0.05, 0) is 78.3 Å². The van der Waals surface area contributed by atoms with Crippen LogP contribution in [0.25, 0.3) is 5.69 Å². The van der Waals surface area contributed by atoms with Crippen LogP contribution in [-0.4, -0.2) is 22.8 Å². The number of aryl methyl sites for hydroxylation is 1. The number of carbonyl (C=O) groups is 1. The van der Waals surface area contributed by atoms with E-state index >= 15 is 0 Å². The molecule has 0 aliphatic heterocycles. The minimum Gasteiger partial charge on any atom is -0.497 e. The van der Waals surface area contributed by atoms with Gasteiger partial charge in [0.25, 0.3) is 5.91 Å². The third-order valence-electron chi connectivity index (χ3n) is 3.92. The molecule has 128 valence electrons. The van der Waals surface area contributed by atoms with Crippen LogP contribution in [0.4, 0.5) is 5.69 Å². The zero-order valence-electron chi connectivity index (χ0n) is 14.2. The zero-order valence-corrected chi connectivity index (χ0v) is 15.8. The molecule has 1 N–H and O–H groups in total. The normalized spacial score (nSPS) is 10.6. The van der Waals surface area contributed by atoms with Crippen molar-refractivity contribution in [2.24, 2.45) is 0 Å². The van der Waals surface area contributed by atoms with E-state index in [4.69, 9.17) is 4.74 Å². The molecule has 3 aromatic rings. The molecule has 25 heavy (non-hydrogen) atoms. The number of benzene rings is 2. The molecule has 3 rings (SSSR count). The van der Waals surface area contributed by atoms with Gasteiger partial charge in [-0.3, -0.25) is 4.79 Å². The lowest BCUT2D eigenvalue weighted by Crippen LogP contribution is -2.11. The Hall–Kier alpha value is -2.60. The fourth-order valence-corrected chi connectivity index (χ4v) is 2.75. The van der Waals surface area contributed by atoms with Crippen molar-refractivity contribution in [3.8, 4) is 11.4 Å². The molecule has 0 spiro atoms. The van der Waals surface area contributed by atoms with Crippen LogP contribution < -0.4 is 10.1 Å². The van der Waals surface area contributed by atoms with Crippen LogP contribution in [0, 0.1) is 13.8 Å². The summed E-state index contributed by atoms with van der Waals surface area (Å²) in [5.74, 6) is 0.557. The fraction of sp³-hybridized carbons (Fsp3) is 0.158. The summed E-state index contributed by atoms with van der Waals surface area (Å²) in [6.07, 6.45) is 0. The second-order valence-electron chi connectivity index (χ2n) is 5.63. The van der Waals surface area contributed by atoms with Crippen LogP contribution in [-0.2, 0) is 0 Å². The predicted octanol–water partition coefficient (Wildman–Crippen LogP) is 4.51. The quantitative estimate of drug-likeness (QED) is 0.701. The molecule has 6 heteroatoms. The Kier molecular flexibility index (Phi) is 4.90. The summed E-state index contributed by atoms with van der Waals surface area (Å²) in [6.45, 7) is 3.96. The van der Waals surface area contributed by atoms with Gasteiger partial charge in [0.15, 0.2) is 0 Å². The van der Waals surface area contributed by atoms with Gasteiger partial charge in [0, 0.05) is 11.3 Å². The SMILES string of the molecule is COc1ccc(C(=O)Nc2ccc(-n3nc(C)c(Br)c3C)cc2)cc1. The highest BCUT2D eigenvalue weighted by Gasteiger charge is 2.11. The average Bonchev–Trinajstić information content (AvgIpc) is 2.90. The number of nitrogens with zero attached hydrogens (tertiary/aromatic N) is 2. The minimum atomic E-state index is -0.163. The van der Waals surface area contributed by atoms with Gasteiger partial charge in [0.1, 0.15) is 5.75 Å². The number of nitrogens with one attached hydrogen (secondary N) is 1. The molecular weight excluding hydrogens is 382 g/mol. The Morgan fingerprint density at radius 1 is 1.08 bits per heavy atom. The van der Waals surface area contributed by atoms with Crippen molar-refractivity contribution in [1.29, 1.82) is 0 Å². The van der Waals surface area contributed by atoms with Gasteiger partial charge in [-0.15, -0.1) is 0 Å². The van der Waals surface area contributed by atoms with Crippen molar-refractivity contribution in [1.82, 2.24) is 9.78 Å². The number of ether oxygens (including phenoxy) is 1. The Morgan fingerprint density at radius 3 is 2.24 bits per heavy atom. The van der Waals surface area contributed by atoms with Crippen molar-refractivity contribution in [3.05, 3.63) is 70.0 Å². The van der Waals surface area contributed by atoms with Gasteiger partial charge in [-0.2, -0.15) is 5.10 Å². The Labute approximate surface area is 154 Å². The van der Waals surface area contributed by atoms with E-state index < -0.39 is 0 Å². The molecule has 1 amide bonds. The summed E-state index contributed by atoms with van der Waals surface area (Å²) in [5, 5.41) is 7.39. The van der Waals surface area contributed by atoms with E-state index in [1.54, 1.807) is 31.4 Å². The number of hydrogen-bond acceptors (Lipinski definition) is 3. The third-order valence-corrected chi connectivity index (χ3v) is 5.07. The van der Waals surface area contributed by atoms with E-state index in [9.17, 15) is 4.79 Å². The van der Waals surface area contributed by atoms with Gasteiger partial charge in [-0.25, -0.2) is 4.68 Å². The molecule has 0 saturated heterocycles. The molecule has 0 fully saturated rings. The van der Waals surface area contributed by atoms with Gasteiger partial charge in [-0.1, -0.05) is 0 Å². The highest BCUT2D eigenvalue weighted by atomic mass is 79.9. The zero-order chi connectivity index (χ0) is 18.0. The molecule has 0 atom stereocenters. The number of rotatable bonds is 4. The molecule has 0 aliphatic rings. The molecule has 5 nitrogen and oxygen atoms in total. The average molecular weight is 400 g/mol. The molecule has 0 saturated carbocycles. The van der Waals surface area contributed by atoms with Crippen molar-refractivity contribution in [2.75, 3.05) is 12.4 Å². The van der Waals surface area contributed by atoms with E-state index in [-0.39, 0.29) is 5.91 Å². The number of anilines is 1. The first kappa shape index (κ1) is 17.2. The first-order chi connectivity index (χ1) is 12.0. The summed E-state index contributed by atoms with van der Waals surface area (Å²) in [4.78, 5) is 12.3. The molecule has 0 bridgehead atoms. The Balaban J connectivity index is 1.75. The maximum Gasteiger partial charge on any atom is 0.255 e. The molecule has 1 heterocycles. The standard InChI is InChI=1S/C19H18BrN3O2/c1-12-18(20)13(2)23(22-12)16-8-6-15(7-9-16)21-19(24)14-4-10-17(25-3)11-5-14/h4-11H,1-3H3,(H,21,24). The molecule has 0 radical (unpaired) electrons. The van der Waals surface area contributed by atoms with Crippen LogP contribution in [0.2, 0.25) is 0 Å². The largest absolute Gasteiger partial charge is 0.497 e. The summed E-state index contributed by atoms with van der Waals surface area (Å²) >= 11 is 3.53. The first-order valence-electron chi connectivity index (χ1n) is 7.77. The number of hydrogen-bond donors (Lipinski definition) is 1. The van der Waals surface area contributed by atoms with Crippen LogP contribution in [0.3, 0.4) is 0 Å².